The van der Waals surface area contributed by atoms with Crippen LogP contribution < -0.4 is 20.3 Å². The summed E-state index contributed by atoms with van der Waals surface area (Å²) in [6, 6.07) is 14.3. The minimum absolute atomic E-state index is 0.0603. The molecule has 0 aromatic heterocycles. The van der Waals surface area contributed by atoms with E-state index >= 15 is 0 Å². The molecule has 1 fully saturated rings. The zero-order valence-corrected chi connectivity index (χ0v) is 19.9. The van der Waals surface area contributed by atoms with E-state index in [1.807, 2.05) is 0 Å². The molecule has 0 atom stereocenters. The number of rotatable bonds is 6. The van der Waals surface area contributed by atoms with Crippen molar-refractivity contribution in [3.05, 3.63) is 88.2 Å². The predicted octanol–water partition coefficient (Wildman–Crippen LogP) is 3.98. The number of anilines is 2. The summed E-state index contributed by atoms with van der Waals surface area (Å²) in [5.41, 5.74) is 0.474. The Morgan fingerprint density at radius 1 is 1.06 bits per heavy atom. The minimum atomic E-state index is -0.934. The van der Waals surface area contributed by atoms with Gasteiger partial charge in [-0.3, -0.25) is 19.7 Å². The molecule has 1 aliphatic rings. The molecule has 0 aliphatic carbocycles. The Labute approximate surface area is 212 Å². The number of halogens is 2. The number of barbiturate groups is 1. The summed E-state index contributed by atoms with van der Waals surface area (Å²) in [6.45, 7) is -0.409. The number of carbonyl (C=O) groups excluding carboxylic acids is 4. The maximum atomic E-state index is 13.1. The molecule has 0 unspecified atom stereocenters. The summed E-state index contributed by atoms with van der Waals surface area (Å²) in [4.78, 5) is 51.0. The Morgan fingerprint density at radius 2 is 1.75 bits per heavy atom. The fourth-order valence-corrected chi connectivity index (χ4v) is 3.67. The average molecular weight is 554 g/mol. The van der Waals surface area contributed by atoms with Gasteiger partial charge in [-0.15, -0.1) is 0 Å². The van der Waals surface area contributed by atoms with Gasteiger partial charge in [0.05, 0.1) is 5.69 Å². The van der Waals surface area contributed by atoms with Crippen molar-refractivity contribution in [2.75, 3.05) is 16.8 Å². The summed E-state index contributed by atoms with van der Waals surface area (Å²) in [5, 5.41) is 14.2. The van der Waals surface area contributed by atoms with Crippen molar-refractivity contribution in [3.8, 4) is 11.5 Å². The second-order valence-corrected chi connectivity index (χ2v) is 8.42. The van der Waals surface area contributed by atoms with Gasteiger partial charge in [0, 0.05) is 15.7 Å². The first kappa shape index (κ1) is 24.6. The second kappa shape index (κ2) is 10.4. The number of imide groups is 2. The monoisotopic (exact) mass is 553 g/mol. The topological polar surface area (TPSA) is 125 Å². The number of carbonyl (C=O) groups is 4. The van der Waals surface area contributed by atoms with E-state index in [9.17, 15) is 28.7 Å². The van der Waals surface area contributed by atoms with Crippen LogP contribution in [0.15, 0.2) is 76.8 Å². The number of hydrogen-bond acceptors (Lipinski definition) is 6. The van der Waals surface area contributed by atoms with Crippen molar-refractivity contribution in [3.63, 3.8) is 0 Å². The Kier molecular flexibility index (Phi) is 7.11. The minimum Gasteiger partial charge on any atom is -0.508 e. The van der Waals surface area contributed by atoms with Gasteiger partial charge in [0.15, 0.2) is 6.61 Å². The van der Waals surface area contributed by atoms with Gasteiger partial charge < -0.3 is 15.2 Å². The highest BCUT2D eigenvalue weighted by molar-refractivity contribution is 9.10. The van der Waals surface area contributed by atoms with Crippen LogP contribution in [0.5, 0.6) is 11.5 Å². The van der Waals surface area contributed by atoms with Crippen molar-refractivity contribution in [1.29, 1.82) is 0 Å². The SMILES string of the molecule is O=C(COc1ccc(Br)cc1/C=C1/C(=O)NC(=O)N(c2ccc(O)cc2)C1=O)Nc1ccc(F)cc1. The van der Waals surface area contributed by atoms with Crippen molar-refractivity contribution in [2.24, 2.45) is 0 Å². The molecule has 1 saturated heterocycles. The number of phenols is 1. The lowest BCUT2D eigenvalue weighted by Crippen LogP contribution is -2.54. The molecule has 0 bridgehead atoms. The summed E-state index contributed by atoms with van der Waals surface area (Å²) in [6.07, 6.45) is 1.25. The van der Waals surface area contributed by atoms with Gasteiger partial charge in [0.25, 0.3) is 17.7 Å². The van der Waals surface area contributed by atoms with Gasteiger partial charge in [-0.05, 0) is 72.8 Å². The van der Waals surface area contributed by atoms with Crippen LogP contribution in [0.3, 0.4) is 0 Å². The number of hydrogen-bond donors (Lipinski definition) is 3. The van der Waals surface area contributed by atoms with Crippen LogP contribution in [0.2, 0.25) is 0 Å². The standard InChI is InChI=1S/C25H17BrFN3O6/c26-15-1-10-21(36-13-22(32)28-17-4-2-16(27)3-5-17)14(11-15)12-20-23(33)29-25(35)30(24(20)34)18-6-8-19(31)9-7-18/h1-12,31H,13H2,(H,28,32)(H,29,33,35)/b20-12-. The van der Waals surface area contributed by atoms with Crippen molar-refractivity contribution in [2.45, 2.75) is 0 Å². The highest BCUT2D eigenvalue weighted by Gasteiger charge is 2.37. The molecule has 182 valence electrons. The van der Waals surface area contributed by atoms with E-state index in [2.05, 4.69) is 26.6 Å². The molecule has 9 nitrogen and oxygen atoms in total. The predicted molar refractivity (Wildman–Crippen MR) is 132 cm³/mol. The number of phenolic OH excluding ortho intramolecular Hbond substituents is 1. The molecule has 1 heterocycles. The zero-order chi connectivity index (χ0) is 25.8. The number of urea groups is 1. The number of nitrogens with zero attached hydrogens (tertiary/aromatic N) is 1. The molecule has 5 amide bonds. The molecule has 3 N–H and O–H groups in total. The molecule has 11 heteroatoms. The Morgan fingerprint density at radius 3 is 2.44 bits per heavy atom. The quantitative estimate of drug-likeness (QED) is 0.313. The molecule has 3 aromatic carbocycles. The summed E-state index contributed by atoms with van der Waals surface area (Å²) in [7, 11) is 0. The summed E-state index contributed by atoms with van der Waals surface area (Å²) < 4.78 is 19.3. The number of amides is 5. The molecular formula is C25H17BrFN3O6. The maximum absolute atomic E-state index is 13.1. The summed E-state index contributed by atoms with van der Waals surface area (Å²) in [5.74, 6) is -2.61. The maximum Gasteiger partial charge on any atom is 0.335 e. The van der Waals surface area contributed by atoms with E-state index in [1.54, 1.807) is 12.1 Å². The van der Waals surface area contributed by atoms with Gasteiger partial charge in [0.1, 0.15) is 22.9 Å². The van der Waals surface area contributed by atoms with Crippen LogP contribution in [0.4, 0.5) is 20.6 Å². The summed E-state index contributed by atoms with van der Waals surface area (Å²) >= 11 is 3.32. The van der Waals surface area contributed by atoms with E-state index in [0.717, 1.165) is 4.90 Å². The van der Waals surface area contributed by atoms with Crippen LogP contribution in [-0.2, 0) is 14.4 Å². The number of ether oxygens (including phenoxy) is 1. The van der Waals surface area contributed by atoms with Crippen molar-refractivity contribution in [1.82, 2.24) is 5.32 Å². The Bertz CT molecular complexity index is 1390. The van der Waals surface area contributed by atoms with E-state index in [4.69, 9.17) is 4.74 Å². The van der Waals surface area contributed by atoms with Crippen LogP contribution >= 0.6 is 15.9 Å². The highest BCUT2D eigenvalue weighted by Crippen LogP contribution is 2.28. The van der Waals surface area contributed by atoms with Gasteiger partial charge in [-0.2, -0.15) is 0 Å². The molecule has 3 aromatic rings. The first-order chi connectivity index (χ1) is 17.2. The highest BCUT2D eigenvalue weighted by atomic mass is 79.9. The lowest BCUT2D eigenvalue weighted by Gasteiger charge is -2.26. The van der Waals surface area contributed by atoms with Crippen LogP contribution in [0.25, 0.3) is 6.08 Å². The lowest BCUT2D eigenvalue weighted by molar-refractivity contribution is -0.122. The fourth-order valence-electron chi connectivity index (χ4n) is 3.29. The second-order valence-electron chi connectivity index (χ2n) is 7.50. The van der Waals surface area contributed by atoms with E-state index < -0.39 is 36.2 Å². The Hall–Kier alpha value is -4.51. The number of benzene rings is 3. The van der Waals surface area contributed by atoms with Crippen molar-refractivity contribution < 1.29 is 33.4 Å². The van der Waals surface area contributed by atoms with Gasteiger partial charge in [0.2, 0.25) is 0 Å². The normalized spacial score (nSPS) is 14.6. The zero-order valence-electron chi connectivity index (χ0n) is 18.3. The van der Waals surface area contributed by atoms with Gasteiger partial charge in [-0.1, -0.05) is 15.9 Å². The van der Waals surface area contributed by atoms with Crippen LogP contribution in [0.1, 0.15) is 5.56 Å². The molecule has 0 spiro atoms. The van der Waals surface area contributed by atoms with E-state index in [1.165, 1.54) is 60.7 Å². The number of nitrogens with one attached hydrogen (secondary N) is 2. The smallest absolute Gasteiger partial charge is 0.335 e. The lowest BCUT2D eigenvalue weighted by atomic mass is 10.1. The third-order valence-electron chi connectivity index (χ3n) is 4.97. The third-order valence-corrected chi connectivity index (χ3v) is 5.46. The fraction of sp³-hybridized carbons (Fsp3) is 0.0400. The average Bonchev–Trinajstić information content (AvgIpc) is 2.84. The molecule has 1 aliphatic heterocycles. The van der Waals surface area contributed by atoms with Crippen LogP contribution in [-0.4, -0.2) is 35.5 Å². The van der Waals surface area contributed by atoms with Crippen molar-refractivity contribution >= 4 is 57.1 Å². The van der Waals surface area contributed by atoms with E-state index in [-0.39, 0.29) is 28.3 Å². The third kappa shape index (κ3) is 5.58. The number of aromatic hydroxyl groups is 1. The van der Waals surface area contributed by atoms with E-state index in [0.29, 0.717) is 10.2 Å². The van der Waals surface area contributed by atoms with Crippen LogP contribution in [0, 0.1) is 5.82 Å². The molecular weight excluding hydrogens is 537 g/mol. The first-order valence-corrected chi connectivity index (χ1v) is 11.2. The molecule has 0 saturated carbocycles. The first-order valence-electron chi connectivity index (χ1n) is 10.4. The van der Waals surface area contributed by atoms with Gasteiger partial charge >= 0.3 is 6.03 Å². The molecule has 36 heavy (non-hydrogen) atoms. The largest absolute Gasteiger partial charge is 0.508 e. The molecule has 0 radical (unpaired) electrons. The van der Waals surface area contributed by atoms with Gasteiger partial charge in [-0.25, -0.2) is 14.1 Å². The Balaban J connectivity index is 1.57. The molecule has 4 rings (SSSR count).